The molecule has 0 aliphatic heterocycles. The van der Waals surface area contributed by atoms with Gasteiger partial charge in [-0.2, -0.15) is 4.39 Å². The molecule has 0 fully saturated rings. The van der Waals surface area contributed by atoms with Crippen molar-refractivity contribution in [3.63, 3.8) is 0 Å². The van der Waals surface area contributed by atoms with Crippen LogP contribution in [0.1, 0.15) is 20.8 Å². The number of ketones is 1. The average molecular weight is 172 g/mol. The van der Waals surface area contributed by atoms with Crippen molar-refractivity contribution >= 4 is 11.8 Å². The van der Waals surface area contributed by atoms with Gasteiger partial charge >= 0.3 is 0 Å². The van der Waals surface area contributed by atoms with E-state index in [0.717, 1.165) is 6.92 Å². The van der Waals surface area contributed by atoms with Crippen LogP contribution < -0.4 is 0 Å². The molecule has 0 spiro atoms. The number of Topliss-reactive ketones (excluding diaryl/α,β-unsaturated/α-hetero) is 1. The number of hydrogen-bond acceptors (Lipinski definition) is 2. The van der Waals surface area contributed by atoms with Gasteiger partial charge in [-0.25, -0.2) is 0 Å². The summed E-state index contributed by atoms with van der Waals surface area (Å²) in [6.45, 7) is 3.92. The molecule has 0 aliphatic carbocycles. The van der Waals surface area contributed by atoms with Gasteiger partial charge in [0, 0.05) is 24.3 Å². The van der Waals surface area contributed by atoms with Gasteiger partial charge in [0.05, 0.1) is 0 Å². The molecule has 0 N–H and O–H groups in total. The standard InChI is InChI=1S/C3H6O.C2H3FO.Cr/c1-3(2)4;1-2(3)4;/h1-2H3;1H3;. The van der Waals surface area contributed by atoms with Crippen molar-refractivity contribution in [1.29, 1.82) is 0 Å². The summed E-state index contributed by atoms with van der Waals surface area (Å²) in [7, 11) is 0. The second kappa shape index (κ2) is 10.7. The number of halogens is 1. The fourth-order valence-corrected chi connectivity index (χ4v) is 0. The van der Waals surface area contributed by atoms with E-state index in [2.05, 4.69) is 0 Å². The van der Waals surface area contributed by atoms with Gasteiger partial charge in [0.15, 0.2) is 0 Å². The van der Waals surface area contributed by atoms with Gasteiger partial charge in [-0.3, -0.25) is 4.79 Å². The molecule has 0 unspecified atom stereocenters. The van der Waals surface area contributed by atoms with E-state index >= 15 is 0 Å². The first-order valence-electron chi connectivity index (χ1n) is 2.10. The van der Waals surface area contributed by atoms with Gasteiger partial charge in [0.1, 0.15) is 5.78 Å². The van der Waals surface area contributed by atoms with Crippen molar-refractivity contribution in [3.8, 4) is 0 Å². The van der Waals surface area contributed by atoms with Crippen LogP contribution in [0.4, 0.5) is 4.39 Å². The minimum Gasteiger partial charge on any atom is -0.300 e. The van der Waals surface area contributed by atoms with Crippen LogP contribution in [0.3, 0.4) is 0 Å². The average Bonchev–Trinajstić information content (AvgIpc) is 1.25. The summed E-state index contributed by atoms with van der Waals surface area (Å²) in [5.74, 6) is 0.167. The molecular weight excluding hydrogens is 163 g/mol. The Balaban J connectivity index is -0.0000000720. The Morgan fingerprint density at radius 1 is 1.11 bits per heavy atom. The minimum atomic E-state index is -1.33. The molecule has 0 aromatic carbocycles. The molecule has 0 rings (SSSR count). The Kier molecular flexibility index (Phi) is 19.0. The molecule has 0 atom stereocenters. The molecule has 0 saturated heterocycles. The van der Waals surface area contributed by atoms with Gasteiger partial charge < -0.3 is 4.79 Å². The largest absolute Gasteiger partial charge is 0.300 e. The fourth-order valence-electron chi connectivity index (χ4n) is 0. The molecule has 2 nitrogen and oxygen atoms in total. The van der Waals surface area contributed by atoms with Crippen LogP contribution in [0.25, 0.3) is 0 Å². The van der Waals surface area contributed by atoms with E-state index < -0.39 is 6.04 Å². The van der Waals surface area contributed by atoms with Crippen LogP contribution in [-0.2, 0) is 27.0 Å². The third-order valence-corrected chi connectivity index (χ3v) is 0. The number of rotatable bonds is 0. The Hall–Kier alpha value is -0.198. The van der Waals surface area contributed by atoms with E-state index in [-0.39, 0.29) is 23.1 Å². The Bertz CT molecular complexity index is 73.0. The fraction of sp³-hybridized carbons (Fsp3) is 0.600. The topological polar surface area (TPSA) is 34.1 Å². The second-order valence-electron chi connectivity index (χ2n) is 1.38. The molecule has 0 amide bonds. The quantitative estimate of drug-likeness (QED) is 0.512. The minimum absolute atomic E-state index is 0. The first-order valence-corrected chi connectivity index (χ1v) is 2.10. The van der Waals surface area contributed by atoms with Gasteiger partial charge in [0.2, 0.25) is 0 Å². The van der Waals surface area contributed by atoms with Crippen LogP contribution in [0.5, 0.6) is 0 Å². The van der Waals surface area contributed by atoms with E-state index in [0.29, 0.717) is 0 Å². The summed E-state index contributed by atoms with van der Waals surface area (Å²) in [4.78, 5) is 18.2. The molecule has 54 valence electrons. The van der Waals surface area contributed by atoms with Crippen LogP contribution in [0, 0.1) is 0 Å². The summed E-state index contributed by atoms with van der Waals surface area (Å²) in [6.07, 6.45) is 0. The maximum atomic E-state index is 10.4. The Morgan fingerprint density at radius 3 is 1.11 bits per heavy atom. The summed E-state index contributed by atoms with van der Waals surface area (Å²) >= 11 is 0. The zero-order valence-corrected chi connectivity index (χ0v) is 6.88. The first-order chi connectivity index (χ1) is 3.46. The van der Waals surface area contributed by atoms with Crippen molar-refractivity contribution in [3.05, 3.63) is 0 Å². The summed E-state index contributed by atoms with van der Waals surface area (Å²) in [6, 6.07) is -1.33. The maximum Gasteiger partial charge on any atom is 0.298 e. The molecule has 0 bridgehead atoms. The first kappa shape index (κ1) is 15.9. The van der Waals surface area contributed by atoms with E-state index in [1.807, 2.05) is 0 Å². The molecular formula is C5H9CrFO2. The van der Waals surface area contributed by atoms with E-state index in [1.165, 1.54) is 13.8 Å². The Morgan fingerprint density at radius 2 is 1.11 bits per heavy atom. The summed E-state index contributed by atoms with van der Waals surface area (Å²) < 4.78 is 10.4. The number of carbonyl (C=O) groups excluding carboxylic acids is 2. The molecule has 0 radical (unpaired) electrons. The predicted octanol–water partition coefficient (Wildman–Crippen LogP) is 1.10. The SMILES string of the molecule is CC(=O)F.CC(C)=O.[Cr]. The number of hydrogen-bond donors (Lipinski definition) is 0. The van der Waals surface area contributed by atoms with Crippen molar-refractivity contribution < 1.29 is 31.3 Å². The molecule has 0 aliphatic rings. The van der Waals surface area contributed by atoms with E-state index in [1.54, 1.807) is 0 Å². The number of carbonyl (C=O) groups is 2. The van der Waals surface area contributed by atoms with Gasteiger partial charge in [-0.1, -0.05) is 0 Å². The molecule has 9 heavy (non-hydrogen) atoms. The van der Waals surface area contributed by atoms with Crippen molar-refractivity contribution in [1.82, 2.24) is 0 Å². The molecule has 0 aromatic rings. The van der Waals surface area contributed by atoms with Crippen molar-refractivity contribution in [2.24, 2.45) is 0 Å². The van der Waals surface area contributed by atoms with Crippen LogP contribution in [0.2, 0.25) is 0 Å². The molecule has 0 heterocycles. The Labute approximate surface area is 64.6 Å². The second-order valence-corrected chi connectivity index (χ2v) is 1.38. The normalized spacial score (nSPS) is 5.78. The summed E-state index contributed by atoms with van der Waals surface area (Å²) in [5.41, 5.74) is 0. The molecule has 0 aromatic heterocycles. The van der Waals surface area contributed by atoms with Gasteiger partial charge in [-0.05, 0) is 13.8 Å². The van der Waals surface area contributed by atoms with Gasteiger partial charge in [-0.15, -0.1) is 0 Å². The van der Waals surface area contributed by atoms with Crippen LogP contribution in [0.15, 0.2) is 0 Å². The smallest absolute Gasteiger partial charge is 0.298 e. The van der Waals surface area contributed by atoms with Crippen molar-refractivity contribution in [2.75, 3.05) is 0 Å². The monoisotopic (exact) mass is 172 g/mol. The van der Waals surface area contributed by atoms with Crippen molar-refractivity contribution in [2.45, 2.75) is 20.8 Å². The third-order valence-electron chi connectivity index (χ3n) is 0. The zero-order valence-electron chi connectivity index (χ0n) is 5.60. The predicted molar refractivity (Wildman–Crippen MR) is 28.1 cm³/mol. The molecule has 0 saturated carbocycles. The zero-order chi connectivity index (χ0) is 7.15. The van der Waals surface area contributed by atoms with Crippen LogP contribution >= 0.6 is 0 Å². The van der Waals surface area contributed by atoms with E-state index in [9.17, 15) is 9.18 Å². The van der Waals surface area contributed by atoms with Gasteiger partial charge in [0.25, 0.3) is 6.04 Å². The maximum absolute atomic E-state index is 10.4. The third kappa shape index (κ3) is 6730. The van der Waals surface area contributed by atoms with Crippen LogP contribution in [-0.4, -0.2) is 11.8 Å². The molecule has 4 heteroatoms. The summed E-state index contributed by atoms with van der Waals surface area (Å²) in [5, 5.41) is 0. The van der Waals surface area contributed by atoms with E-state index in [4.69, 9.17) is 4.79 Å².